The van der Waals surface area contributed by atoms with E-state index in [1.165, 1.54) is 11.3 Å². The van der Waals surface area contributed by atoms with Crippen molar-refractivity contribution in [1.29, 1.82) is 0 Å². The predicted molar refractivity (Wildman–Crippen MR) is 43.6 cm³/mol. The maximum Gasteiger partial charge on any atom is 0.164 e. The smallest absolute Gasteiger partial charge is 0.164 e. The van der Waals surface area contributed by atoms with Crippen molar-refractivity contribution in [3.05, 3.63) is 23.2 Å². The van der Waals surface area contributed by atoms with E-state index in [2.05, 4.69) is 10.1 Å². The number of anilines is 1. The Labute approximate surface area is 67.3 Å². The highest BCUT2D eigenvalue weighted by atomic mass is 32.1. The summed E-state index contributed by atoms with van der Waals surface area (Å²) in [5.74, 6) is 1.32. The van der Waals surface area contributed by atoms with Crippen molar-refractivity contribution in [3.8, 4) is 5.82 Å². The molecule has 11 heavy (non-hydrogen) atoms. The molecule has 0 radical (unpaired) electrons. The van der Waals surface area contributed by atoms with Crippen molar-refractivity contribution < 1.29 is 0 Å². The summed E-state index contributed by atoms with van der Waals surface area (Å²) in [5, 5.41) is 5.90. The maximum atomic E-state index is 5.43. The minimum atomic E-state index is 0.512. The number of hydrogen-bond donors (Lipinski definition) is 1. The highest BCUT2D eigenvalue weighted by molar-refractivity contribution is 7.07. The molecule has 0 aliphatic carbocycles. The average molecular weight is 166 g/mol. The van der Waals surface area contributed by atoms with Gasteiger partial charge in [-0.2, -0.15) is 0 Å². The number of aromatic nitrogens is 3. The third-order valence-electron chi connectivity index (χ3n) is 1.26. The van der Waals surface area contributed by atoms with Crippen LogP contribution in [0.5, 0.6) is 0 Å². The molecule has 0 bridgehead atoms. The molecule has 0 saturated heterocycles. The molecule has 5 heteroatoms. The van der Waals surface area contributed by atoms with E-state index in [9.17, 15) is 0 Å². The number of nitrogens with two attached hydrogens (primary N) is 1. The van der Waals surface area contributed by atoms with Crippen LogP contribution in [0.3, 0.4) is 0 Å². The first-order valence-electron chi connectivity index (χ1n) is 3.06. The van der Waals surface area contributed by atoms with E-state index in [1.54, 1.807) is 22.5 Å². The van der Waals surface area contributed by atoms with Gasteiger partial charge in [-0.25, -0.2) is 9.67 Å². The van der Waals surface area contributed by atoms with Crippen molar-refractivity contribution in [2.75, 3.05) is 5.73 Å². The van der Waals surface area contributed by atoms with E-state index < -0.39 is 0 Å². The second-order valence-electron chi connectivity index (χ2n) is 2.03. The predicted octanol–water partition coefficient (Wildman–Crippen LogP) is 0.911. The highest BCUT2D eigenvalue weighted by Gasteiger charge is 1.98. The zero-order chi connectivity index (χ0) is 7.68. The van der Waals surface area contributed by atoms with Gasteiger partial charge < -0.3 is 5.73 Å². The molecule has 2 aromatic rings. The molecule has 56 valence electrons. The van der Waals surface area contributed by atoms with Crippen LogP contribution >= 0.6 is 11.3 Å². The zero-order valence-corrected chi connectivity index (χ0v) is 6.45. The first-order chi connectivity index (χ1) is 5.36. The van der Waals surface area contributed by atoms with Crippen LogP contribution in [0.4, 0.5) is 5.82 Å². The number of rotatable bonds is 1. The lowest BCUT2D eigenvalue weighted by Crippen LogP contribution is -1.95. The largest absolute Gasteiger partial charge is 0.382 e. The molecule has 2 rings (SSSR count). The molecule has 0 aliphatic heterocycles. The van der Waals surface area contributed by atoms with Crippen LogP contribution in [-0.4, -0.2) is 14.8 Å². The first-order valence-corrected chi connectivity index (χ1v) is 4.00. The normalized spacial score (nSPS) is 10.2. The van der Waals surface area contributed by atoms with Gasteiger partial charge in [-0.1, -0.05) is 0 Å². The molecule has 0 saturated carbocycles. The number of nitrogens with zero attached hydrogens (tertiary/aromatic N) is 3. The standard InChI is InChI=1S/C6H6N4S/c7-5-1-2-10(9-5)6-3-11-4-8-6/h1-4H,(H2,7,9). The molecule has 0 unspecified atom stereocenters. The van der Waals surface area contributed by atoms with Crippen LogP contribution in [-0.2, 0) is 0 Å². The molecule has 0 aliphatic rings. The van der Waals surface area contributed by atoms with Crippen molar-refractivity contribution in [2.45, 2.75) is 0 Å². The van der Waals surface area contributed by atoms with Gasteiger partial charge in [-0.05, 0) is 0 Å². The zero-order valence-electron chi connectivity index (χ0n) is 5.64. The summed E-state index contributed by atoms with van der Waals surface area (Å²) >= 11 is 1.53. The fraction of sp³-hybridized carbons (Fsp3) is 0. The molecule has 2 heterocycles. The molecular weight excluding hydrogens is 160 g/mol. The lowest BCUT2D eigenvalue weighted by molar-refractivity contribution is 0.860. The van der Waals surface area contributed by atoms with Gasteiger partial charge in [0.15, 0.2) is 5.82 Å². The van der Waals surface area contributed by atoms with Gasteiger partial charge >= 0.3 is 0 Å². The van der Waals surface area contributed by atoms with E-state index in [1.807, 2.05) is 5.38 Å². The Kier molecular flexibility index (Phi) is 1.36. The summed E-state index contributed by atoms with van der Waals surface area (Å²) in [6, 6.07) is 1.74. The minimum absolute atomic E-state index is 0.512. The quantitative estimate of drug-likeness (QED) is 0.685. The van der Waals surface area contributed by atoms with Crippen molar-refractivity contribution in [1.82, 2.24) is 14.8 Å². The van der Waals surface area contributed by atoms with Crippen molar-refractivity contribution in [3.63, 3.8) is 0 Å². The Bertz CT molecular complexity index is 337. The molecule has 0 spiro atoms. The van der Waals surface area contributed by atoms with Crippen molar-refractivity contribution >= 4 is 17.2 Å². The van der Waals surface area contributed by atoms with Crippen LogP contribution in [0.15, 0.2) is 23.2 Å². The van der Waals surface area contributed by atoms with Crippen LogP contribution < -0.4 is 5.73 Å². The lowest BCUT2D eigenvalue weighted by Gasteiger charge is -1.91. The van der Waals surface area contributed by atoms with E-state index in [-0.39, 0.29) is 0 Å². The van der Waals surface area contributed by atoms with Crippen LogP contribution in [0, 0.1) is 0 Å². The average Bonchev–Trinajstić information content (AvgIpc) is 2.55. The Hall–Kier alpha value is -1.36. The summed E-state index contributed by atoms with van der Waals surface area (Å²) in [6.07, 6.45) is 1.78. The Balaban J connectivity index is 2.45. The summed E-state index contributed by atoms with van der Waals surface area (Å²) in [4.78, 5) is 4.06. The third-order valence-corrected chi connectivity index (χ3v) is 1.84. The fourth-order valence-corrected chi connectivity index (χ4v) is 1.31. The fourth-order valence-electron chi connectivity index (χ4n) is 0.785. The minimum Gasteiger partial charge on any atom is -0.382 e. The van der Waals surface area contributed by atoms with Crippen LogP contribution in [0.1, 0.15) is 0 Å². The monoisotopic (exact) mass is 166 g/mol. The van der Waals surface area contributed by atoms with Gasteiger partial charge in [-0.3, -0.25) is 0 Å². The molecule has 0 amide bonds. The van der Waals surface area contributed by atoms with Gasteiger partial charge in [0.1, 0.15) is 5.82 Å². The molecular formula is C6H6N4S. The second kappa shape index (κ2) is 2.35. The van der Waals surface area contributed by atoms with E-state index in [4.69, 9.17) is 5.73 Å². The number of thiazole rings is 1. The first kappa shape index (κ1) is 6.36. The molecule has 2 N–H and O–H groups in total. The van der Waals surface area contributed by atoms with E-state index in [0.29, 0.717) is 5.82 Å². The van der Waals surface area contributed by atoms with Gasteiger partial charge in [0.2, 0.25) is 0 Å². The summed E-state index contributed by atoms with van der Waals surface area (Å²) < 4.78 is 1.64. The molecule has 0 fully saturated rings. The SMILES string of the molecule is Nc1ccn(-c2cscn2)n1. The van der Waals surface area contributed by atoms with Crippen LogP contribution in [0.25, 0.3) is 5.82 Å². The lowest BCUT2D eigenvalue weighted by atomic mass is 10.7. The molecule has 2 aromatic heterocycles. The van der Waals surface area contributed by atoms with Crippen molar-refractivity contribution in [2.24, 2.45) is 0 Å². The Morgan fingerprint density at radius 1 is 1.55 bits per heavy atom. The topological polar surface area (TPSA) is 56.7 Å². The van der Waals surface area contributed by atoms with E-state index in [0.717, 1.165) is 5.82 Å². The number of hydrogen-bond acceptors (Lipinski definition) is 4. The van der Waals surface area contributed by atoms with E-state index >= 15 is 0 Å². The molecule has 0 atom stereocenters. The van der Waals surface area contributed by atoms with Gasteiger partial charge in [0.05, 0.1) is 5.51 Å². The van der Waals surface area contributed by atoms with Gasteiger partial charge in [0.25, 0.3) is 0 Å². The Morgan fingerprint density at radius 3 is 3.00 bits per heavy atom. The number of nitrogen functional groups attached to an aromatic ring is 1. The molecule has 4 nitrogen and oxygen atoms in total. The summed E-state index contributed by atoms with van der Waals surface area (Å²) in [6.45, 7) is 0. The second-order valence-corrected chi connectivity index (χ2v) is 2.75. The van der Waals surface area contributed by atoms with Crippen LogP contribution in [0.2, 0.25) is 0 Å². The van der Waals surface area contributed by atoms with Gasteiger partial charge in [0, 0.05) is 17.6 Å². The molecule has 0 aromatic carbocycles. The Morgan fingerprint density at radius 2 is 2.45 bits per heavy atom. The third kappa shape index (κ3) is 1.10. The maximum absolute atomic E-state index is 5.43. The summed E-state index contributed by atoms with van der Waals surface area (Å²) in [7, 11) is 0. The highest BCUT2D eigenvalue weighted by Crippen LogP contribution is 2.07. The van der Waals surface area contributed by atoms with Gasteiger partial charge in [-0.15, -0.1) is 16.4 Å². The summed E-state index contributed by atoms with van der Waals surface area (Å²) in [5.41, 5.74) is 7.19.